The van der Waals surface area contributed by atoms with E-state index in [1.165, 1.54) is 21.9 Å². The number of para-hydroxylation sites is 3. The van der Waals surface area contributed by atoms with E-state index in [1.807, 2.05) is 12.1 Å². The Labute approximate surface area is 365 Å². The third-order valence-electron chi connectivity index (χ3n) is 12.2. The van der Waals surface area contributed by atoms with Gasteiger partial charge in [-0.1, -0.05) is 194 Å². The summed E-state index contributed by atoms with van der Waals surface area (Å²) in [6.07, 6.45) is 0. The van der Waals surface area contributed by atoms with Crippen LogP contribution in [0.2, 0.25) is 0 Å². The van der Waals surface area contributed by atoms with Crippen LogP contribution in [0.5, 0.6) is 0 Å². The summed E-state index contributed by atoms with van der Waals surface area (Å²) < 4.78 is 2.38. The first-order chi connectivity index (χ1) is 31.2. The van der Waals surface area contributed by atoms with E-state index in [9.17, 15) is 0 Å². The highest BCUT2D eigenvalue weighted by atomic mass is 15.0. The first-order valence-electron chi connectivity index (χ1n) is 21.4. The molecule has 294 valence electrons. The lowest BCUT2D eigenvalue weighted by Crippen LogP contribution is -1.99. The van der Waals surface area contributed by atoms with Crippen molar-refractivity contribution >= 4 is 43.5 Å². The molecular weight excluding hydrogens is 765 g/mol. The highest BCUT2D eigenvalue weighted by Crippen LogP contribution is 2.44. The summed E-state index contributed by atoms with van der Waals surface area (Å²) >= 11 is 0. The standard InChI is InChI=1S/C59H38N4/c1-4-16-39(17-5-1)41-28-32-43(33-29-41)53-38-54(44-34-30-42(31-35-44)40-18-6-2-7-19-40)62-59(61-53)49-37-36-48(46-22-10-11-23-47(46)49)57-58-56(50-24-12-14-26-52(50)60-57)51-25-13-15-27-55(51)63(58)45-20-8-3-9-21-45/h1-38H. The van der Waals surface area contributed by atoms with Gasteiger partial charge in [-0.3, -0.25) is 0 Å². The van der Waals surface area contributed by atoms with E-state index in [0.29, 0.717) is 5.82 Å². The third kappa shape index (κ3) is 6.36. The van der Waals surface area contributed by atoms with Crippen LogP contribution >= 0.6 is 0 Å². The van der Waals surface area contributed by atoms with Crippen molar-refractivity contribution in [2.45, 2.75) is 0 Å². The van der Waals surface area contributed by atoms with Crippen LogP contribution in [-0.2, 0) is 0 Å². The highest BCUT2D eigenvalue weighted by molar-refractivity contribution is 6.24. The number of aromatic nitrogens is 4. The molecule has 0 aliphatic carbocycles. The van der Waals surface area contributed by atoms with Crippen LogP contribution < -0.4 is 0 Å². The maximum absolute atomic E-state index is 5.52. The van der Waals surface area contributed by atoms with E-state index in [4.69, 9.17) is 15.0 Å². The molecule has 3 aromatic heterocycles. The summed E-state index contributed by atoms with van der Waals surface area (Å²) in [5, 5.41) is 5.67. The zero-order chi connectivity index (χ0) is 41.7. The summed E-state index contributed by atoms with van der Waals surface area (Å²) in [4.78, 5) is 16.2. The molecule has 4 nitrogen and oxygen atoms in total. The van der Waals surface area contributed by atoms with Crippen molar-refractivity contribution in [1.29, 1.82) is 0 Å². The van der Waals surface area contributed by atoms with Crippen molar-refractivity contribution in [2.75, 3.05) is 0 Å². The van der Waals surface area contributed by atoms with Gasteiger partial charge in [-0.2, -0.15) is 0 Å². The second-order valence-corrected chi connectivity index (χ2v) is 15.9. The van der Waals surface area contributed by atoms with E-state index in [-0.39, 0.29) is 0 Å². The minimum Gasteiger partial charge on any atom is -0.307 e. The van der Waals surface area contributed by atoms with Crippen molar-refractivity contribution in [3.8, 4) is 73.1 Å². The van der Waals surface area contributed by atoms with Crippen LogP contribution in [0.15, 0.2) is 231 Å². The van der Waals surface area contributed by atoms with Crippen LogP contribution in [0, 0.1) is 0 Å². The summed E-state index contributed by atoms with van der Waals surface area (Å²) in [6.45, 7) is 0. The smallest absolute Gasteiger partial charge is 0.161 e. The van der Waals surface area contributed by atoms with Gasteiger partial charge in [-0.15, -0.1) is 0 Å². The Morgan fingerprint density at radius 1 is 0.317 bits per heavy atom. The molecule has 4 heteroatoms. The zero-order valence-corrected chi connectivity index (χ0v) is 34.2. The van der Waals surface area contributed by atoms with Crippen LogP contribution in [0.3, 0.4) is 0 Å². The molecule has 0 spiro atoms. The molecule has 12 rings (SSSR count). The summed E-state index contributed by atoms with van der Waals surface area (Å²) in [5.74, 6) is 0.666. The summed E-state index contributed by atoms with van der Waals surface area (Å²) in [6, 6.07) is 81.4. The van der Waals surface area contributed by atoms with Crippen LogP contribution in [0.4, 0.5) is 0 Å². The molecule has 0 saturated carbocycles. The van der Waals surface area contributed by atoms with E-state index >= 15 is 0 Å². The molecule has 12 aromatic rings. The fourth-order valence-corrected chi connectivity index (χ4v) is 9.22. The van der Waals surface area contributed by atoms with Crippen molar-refractivity contribution in [2.24, 2.45) is 0 Å². The predicted octanol–water partition coefficient (Wildman–Crippen LogP) is 15.3. The quantitative estimate of drug-likeness (QED) is 0.161. The fourth-order valence-electron chi connectivity index (χ4n) is 9.22. The normalized spacial score (nSPS) is 11.5. The third-order valence-corrected chi connectivity index (χ3v) is 12.2. The SMILES string of the molecule is c1ccc(-c2ccc(-c3cc(-c4ccc(-c5ccccc5)cc4)nc(-c4ccc(-c5nc6ccccc6c6c7ccccc7n(-c7ccccc7)c56)c5ccccc45)n3)cc2)cc1. The number of hydrogen-bond acceptors (Lipinski definition) is 3. The number of fused-ring (bicyclic) bond motifs is 6. The molecular formula is C59H38N4. The van der Waals surface area contributed by atoms with Crippen molar-refractivity contribution in [3.05, 3.63) is 231 Å². The van der Waals surface area contributed by atoms with Crippen molar-refractivity contribution in [1.82, 2.24) is 19.5 Å². The molecule has 0 saturated heterocycles. The topological polar surface area (TPSA) is 43.6 Å². The molecule has 63 heavy (non-hydrogen) atoms. The molecule has 0 amide bonds. The Morgan fingerprint density at radius 2 is 0.762 bits per heavy atom. The number of benzene rings is 9. The average molecular weight is 803 g/mol. The van der Waals surface area contributed by atoms with Gasteiger partial charge in [0.1, 0.15) is 0 Å². The van der Waals surface area contributed by atoms with Gasteiger partial charge < -0.3 is 4.57 Å². The van der Waals surface area contributed by atoms with Crippen molar-refractivity contribution in [3.63, 3.8) is 0 Å². The molecule has 3 heterocycles. The molecule has 0 aliphatic heterocycles. The van der Waals surface area contributed by atoms with E-state index < -0.39 is 0 Å². The number of nitrogens with zero attached hydrogens (tertiary/aromatic N) is 4. The second kappa shape index (κ2) is 15.2. The van der Waals surface area contributed by atoms with Gasteiger partial charge in [0.25, 0.3) is 0 Å². The lowest BCUT2D eigenvalue weighted by Gasteiger charge is -2.16. The molecule has 9 aromatic carbocycles. The van der Waals surface area contributed by atoms with Gasteiger partial charge in [-0.25, -0.2) is 15.0 Å². The van der Waals surface area contributed by atoms with Crippen LogP contribution in [0.1, 0.15) is 0 Å². The van der Waals surface area contributed by atoms with Crippen LogP contribution in [-0.4, -0.2) is 19.5 Å². The van der Waals surface area contributed by atoms with Crippen LogP contribution in [0.25, 0.3) is 117 Å². The number of pyridine rings is 1. The summed E-state index contributed by atoms with van der Waals surface area (Å²) in [7, 11) is 0. The minimum absolute atomic E-state index is 0.666. The van der Waals surface area contributed by atoms with E-state index in [1.54, 1.807) is 0 Å². The van der Waals surface area contributed by atoms with E-state index in [2.05, 4.69) is 223 Å². The molecule has 0 radical (unpaired) electrons. The van der Waals surface area contributed by atoms with Gasteiger partial charge in [-0.05, 0) is 69.4 Å². The lowest BCUT2D eigenvalue weighted by molar-refractivity contribution is 1.17. The van der Waals surface area contributed by atoms with Gasteiger partial charge in [0, 0.05) is 44.1 Å². The van der Waals surface area contributed by atoms with Gasteiger partial charge in [0.15, 0.2) is 5.82 Å². The zero-order valence-electron chi connectivity index (χ0n) is 34.2. The molecule has 0 fully saturated rings. The highest BCUT2D eigenvalue weighted by Gasteiger charge is 2.23. The first-order valence-corrected chi connectivity index (χ1v) is 21.4. The largest absolute Gasteiger partial charge is 0.307 e. The Balaban J connectivity index is 1.07. The second-order valence-electron chi connectivity index (χ2n) is 15.9. The average Bonchev–Trinajstić information content (AvgIpc) is 3.72. The van der Waals surface area contributed by atoms with Gasteiger partial charge in [0.2, 0.25) is 0 Å². The Kier molecular flexibility index (Phi) is 8.79. The maximum atomic E-state index is 5.52. The predicted molar refractivity (Wildman–Crippen MR) is 262 cm³/mol. The Morgan fingerprint density at radius 3 is 1.37 bits per heavy atom. The maximum Gasteiger partial charge on any atom is 0.161 e. The lowest BCUT2D eigenvalue weighted by atomic mass is 9.95. The van der Waals surface area contributed by atoms with Gasteiger partial charge in [0.05, 0.1) is 33.6 Å². The molecule has 0 bridgehead atoms. The molecule has 0 aliphatic rings. The van der Waals surface area contributed by atoms with Gasteiger partial charge >= 0.3 is 0 Å². The Bertz CT molecular complexity index is 3530. The molecule has 0 atom stereocenters. The fraction of sp³-hybridized carbons (Fsp3) is 0. The monoisotopic (exact) mass is 802 g/mol. The molecule has 0 N–H and O–H groups in total. The number of hydrogen-bond donors (Lipinski definition) is 0. The minimum atomic E-state index is 0.666. The number of rotatable bonds is 7. The summed E-state index contributed by atoms with van der Waals surface area (Å²) in [5.41, 5.74) is 15.7. The van der Waals surface area contributed by atoms with Crippen molar-refractivity contribution < 1.29 is 0 Å². The Hall–Kier alpha value is -8.47. The molecule has 0 unspecified atom stereocenters. The first kappa shape index (κ1) is 36.4. The van der Waals surface area contributed by atoms with E-state index in [0.717, 1.165) is 88.9 Å².